The average molecular weight is 367 g/mol. The topological polar surface area (TPSA) is 15.6 Å². The number of benzene rings is 3. The fourth-order valence-corrected chi connectivity index (χ4v) is 3.50. The van der Waals surface area contributed by atoms with E-state index in [1.807, 2.05) is 54.6 Å². The van der Waals surface area contributed by atoms with Crippen molar-refractivity contribution in [1.82, 2.24) is 0 Å². The minimum atomic E-state index is 0.117. The molecule has 3 aromatic rings. The standard InChI is InChI=1S/C21H16Cl2N2/c22-16-12-10-15(11-13-16)21-14-20(18-8-4-5-9-19(18)23)24-25(21)17-6-2-1-3-7-17/h1-13,21H,14H2/t21-/m1/s1. The van der Waals surface area contributed by atoms with E-state index in [0.717, 1.165) is 33.4 Å². The number of hydrazone groups is 1. The third kappa shape index (κ3) is 3.28. The van der Waals surface area contributed by atoms with Crippen molar-refractivity contribution >= 4 is 34.6 Å². The van der Waals surface area contributed by atoms with Gasteiger partial charge in [0.25, 0.3) is 0 Å². The van der Waals surface area contributed by atoms with Crippen LogP contribution in [0.5, 0.6) is 0 Å². The summed E-state index contributed by atoms with van der Waals surface area (Å²) in [7, 11) is 0. The molecule has 25 heavy (non-hydrogen) atoms. The zero-order valence-electron chi connectivity index (χ0n) is 13.4. The third-order valence-electron chi connectivity index (χ3n) is 4.37. The molecule has 2 nitrogen and oxygen atoms in total. The van der Waals surface area contributed by atoms with Gasteiger partial charge in [-0.1, -0.05) is 71.7 Å². The molecule has 1 aliphatic heterocycles. The summed E-state index contributed by atoms with van der Waals surface area (Å²) in [5.74, 6) is 0. The SMILES string of the molecule is Clc1ccc([C@H]2CC(c3ccccc3Cl)=NN2c2ccccc2)cc1. The molecule has 0 bridgehead atoms. The number of halogens is 2. The predicted octanol–water partition coefficient (Wildman–Crippen LogP) is 6.35. The van der Waals surface area contributed by atoms with Gasteiger partial charge in [-0.05, 0) is 35.9 Å². The molecule has 124 valence electrons. The van der Waals surface area contributed by atoms with E-state index < -0.39 is 0 Å². The second-order valence-electron chi connectivity index (χ2n) is 5.98. The van der Waals surface area contributed by atoms with Gasteiger partial charge in [-0.2, -0.15) is 5.10 Å². The van der Waals surface area contributed by atoms with Crippen molar-refractivity contribution in [2.24, 2.45) is 5.10 Å². The van der Waals surface area contributed by atoms with Crippen molar-refractivity contribution in [3.63, 3.8) is 0 Å². The zero-order valence-corrected chi connectivity index (χ0v) is 15.0. The van der Waals surface area contributed by atoms with Gasteiger partial charge in [-0.25, -0.2) is 0 Å². The Balaban J connectivity index is 1.77. The Morgan fingerprint density at radius 1 is 0.800 bits per heavy atom. The molecular formula is C21H16Cl2N2. The van der Waals surface area contributed by atoms with E-state index in [-0.39, 0.29) is 6.04 Å². The molecule has 1 atom stereocenters. The van der Waals surface area contributed by atoms with Crippen LogP contribution in [0.1, 0.15) is 23.6 Å². The highest BCUT2D eigenvalue weighted by Gasteiger charge is 2.30. The summed E-state index contributed by atoms with van der Waals surface area (Å²) in [4.78, 5) is 0. The van der Waals surface area contributed by atoms with Crippen LogP contribution in [-0.4, -0.2) is 5.71 Å². The maximum absolute atomic E-state index is 6.40. The molecule has 4 rings (SSSR count). The van der Waals surface area contributed by atoms with Crippen LogP contribution in [0.4, 0.5) is 5.69 Å². The number of hydrogen-bond donors (Lipinski definition) is 0. The van der Waals surface area contributed by atoms with Gasteiger partial charge in [0.1, 0.15) is 0 Å². The van der Waals surface area contributed by atoms with Crippen LogP contribution in [-0.2, 0) is 0 Å². The molecule has 0 saturated heterocycles. The smallest absolute Gasteiger partial charge is 0.0831 e. The molecule has 0 aliphatic carbocycles. The zero-order chi connectivity index (χ0) is 17.2. The van der Waals surface area contributed by atoms with E-state index >= 15 is 0 Å². The maximum atomic E-state index is 6.40. The van der Waals surface area contributed by atoms with E-state index in [9.17, 15) is 0 Å². The lowest BCUT2D eigenvalue weighted by Crippen LogP contribution is -2.18. The quantitative estimate of drug-likeness (QED) is 0.527. The minimum Gasteiger partial charge on any atom is -0.257 e. The van der Waals surface area contributed by atoms with Crippen molar-refractivity contribution in [3.8, 4) is 0 Å². The Morgan fingerprint density at radius 2 is 1.48 bits per heavy atom. The number of rotatable bonds is 3. The molecule has 0 radical (unpaired) electrons. The Hall–Kier alpha value is -2.29. The summed E-state index contributed by atoms with van der Waals surface area (Å²) in [6.07, 6.45) is 0.792. The summed E-state index contributed by atoms with van der Waals surface area (Å²) < 4.78 is 0. The van der Waals surface area contributed by atoms with Gasteiger partial charge in [0, 0.05) is 22.0 Å². The molecule has 0 amide bonds. The normalized spacial score (nSPS) is 16.8. The van der Waals surface area contributed by atoms with Crippen LogP contribution in [0.25, 0.3) is 0 Å². The molecule has 3 aromatic carbocycles. The van der Waals surface area contributed by atoms with E-state index in [2.05, 4.69) is 29.3 Å². The van der Waals surface area contributed by atoms with E-state index in [4.69, 9.17) is 28.3 Å². The molecular weight excluding hydrogens is 351 g/mol. The van der Waals surface area contributed by atoms with Gasteiger partial charge in [-0.15, -0.1) is 0 Å². The van der Waals surface area contributed by atoms with Crippen LogP contribution in [0.2, 0.25) is 10.0 Å². The predicted molar refractivity (Wildman–Crippen MR) is 106 cm³/mol. The summed E-state index contributed by atoms with van der Waals surface area (Å²) >= 11 is 12.5. The minimum absolute atomic E-state index is 0.117. The first-order chi connectivity index (χ1) is 12.2. The lowest BCUT2D eigenvalue weighted by atomic mass is 9.98. The molecule has 0 N–H and O–H groups in total. The number of anilines is 1. The monoisotopic (exact) mass is 366 g/mol. The van der Waals surface area contributed by atoms with Gasteiger partial charge in [0.2, 0.25) is 0 Å². The average Bonchev–Trinajstić information content (AvgIpc) is 3.08. The van der Waals surface area contributed by atoms with Gasteiger partial charge in [-0.3, -0.25) is 5.01 Å². The van der Waals surface area contributed by atoms with E-state index in [1.54, 1.807) is 0 Å². The summed E-state index contributed by atoms with van der Waals surface area (Å²) in [5.41, 5.74) is 4.22. The summed E-state index contributed by atoms with van der Waals surface area (Å²) in [5, 5.41) is 8.44. The molecule has 0 unspecified atom stereocenters. The van der Waals surface area contributed by atoms with Gasteiger partial charge in [0.05, 0.1) is 17.4 Å². The third-order valence-corrected chi connectivity index (χ3v) is 4.95. The highest BCUT2D eigenvalue weighted by atomic mass is 35.5. The molecule has 0 spiro atoms. The first-order valence-corrected chi connectivity index (χ1v) is 8.90. The molecule has 0 saturated carbocycles. The fraction of sp³-hybridized carbons (Fsp3) is 0.0952. The second-order valence-corrected chi connectivity index (χ2v) is 6.82. The molecule has 1 aliphatic rings. The molecule has 0 aromatic heterocycles. The Kier molecular flexibility index (Phi) is 4.48. The van der Waals surface area contributed by atoms with Gasteiger partial charge < -0.3 is 0 Å². The van der Waals surface area contributed by atoms with Crippen molar-refractivity contribution in [2.45, 2.75) is 12.5 Å². The number of hydrogen-bond acceptors (Lipinski definition) is 2. The van der Waals surface area contributed by atoms with Gasteiger partial charge in [0.15, 0.2) is 0 Å². The van der Waals surface area contributed by atoms with Crippen LogP contribution < -0.4 is 5.01 Å². The van der Waals surface area contributed by atoms with Crippen molar-refractivity contribution < 1.29 is 0 Å². The molecule has 0 fully saturated rings. The lowest BCUT2D eigenvalue weighted by molar-refractivity contribution is 0.709. The largest absolute Gasteiger partial charge is 0.257 e. The Labute approximate surface area is 157 Å². The first kappa shape index (κ1) is 16.2. The first-order valence-electron chi connectivity index (χ1n) is 8.14. The van der Waals surface area contributed by atoms with Crippen LogP contribution in [0.15, 0.2) is 84.0 Å². The second kappa shape index (κ2) is 6.91. The van der Waals surface area contributed by atoms with Crippen molar-refractivity contribution in [3.05, 3.63) is 100 Å². The van der Waals surface area contributed by atoms with Gasteiger partial charge >= 0.3 is 0 Å². The number of nitrogens with zero attached hydrogens (tertiary/aromatic N) is 2. The van der Waals surface area contributed by atoms with Crippen molar-refractivity contribution in [2.75, 3.05) is 5.01 Å². The molecule has 1 heterocycles. The van der Waals surface area contributed by atoms with E-state index in [0.29, 0.717) is 0 Å². The highest BCUT2D eigenvalue weighted by Crippen LogP contribution is 2.37. The molecule has 4 heteroatoms. The maximum Gasteiger partial charge on any atom is 0.0831 e. The summed E-state index contributed by atoms with van der Waals surface area (Å²) in [6.45, 7) is 0. The Bertz CT molecular complexity index is 905. The van der Waals surface area contributed by atoms with Crippen LogP contribution in [0, 0.1) is 0 Å². The highest BCUT2D eigenvalue weighted by molar-refractivity contribution is 6.34. The Morgan fingerprint density at radius 3 is 2.20 bits per heavy atom. The number of para-hydroxylation sites is 1. The summed E-state index contributed by atoms with van der Waals surface area (Å²) in [6, 6.07) is 26.2. The fourth-order valence-electron chi connectivity index (χ4n) is 3.13. The van der Waals surface area contributed by atoms with Crippen LogP contribution in [0.3, 0.4) is 0 Å². The van der Waals surface area contributed by atoms with Crippen molar-refractivity contribution in [1.29, 1.82) is 0 Å². The van der Waals surface area contributed by atoms with E-state index in [1.165, 1.54) is 5.56 Å². The van der Waals surface area contributed by atoms with Crippen LogP contribution >= 0.6 is 23.2 Å². The lowest BCUT2D eigenvalue weighted by Gasteiger charge is -2.24.